The molecular formula is C15H21N3O5S. The zero-order chi connectivity index (χ0) is 17.7. The van der Waals surface area contributed by atoms with Gasteiger partial charge in [0.2, 0.25) is 15.9 Å². The lowest BCUT2D eigenvalue weighted by Gasteiger charge is -2.31. The van der Waals surface area contributed by atoms with Crippen molar-refractivity contribution in [2.75, 3.05) is 13.1 Å². The number of nitrogens with zero attached hydrogens (tertiary/aromatic N) is 2. The summed E-state index contributed by atoms with van der Waals surface area (Å²) in [5.74, 6) is -1.50. The molecule has 0 radical (unpaired) electrons. The second kappa shape index (κ2) is 7.71. The minimum Gasteiger partial charge on any atom is -0.481 e. The number of piperidine rings is 1. The summed E-state index contributed by atoms with van der Waals surface area (Å²) in [6, 6.07) is 2.61. The first-order valence-corrected chi connectivity index (χ1v) is 9.17. The van der Waals surface area contributed by atoms with E-state index in [9.17, 15) is 18.0 Å². The number of aromatic nitrogens is 1. The van der Waals surface area contributed by atoms with E-state index < -0.39 is 22.0 Å². The van der Waals surface area contributed by atoms with Crippen LogP contribution in [0.3, 0.4) is 0 Å². The van der Waals surface area contributed by atoms with E-state index in [0.29, 0.717) is 12.8 Å². The zero-order valence-corrected chi connectivity index (χ0v) is 14.2. The van der Waals surface area contributed by atoms with Gasteiger partial charge in [0, 0.05) is 37.4 Å². The lowest BCUT2D eigenvalue weighted by molar-refractivity contribution is -0.137. The number of sulfonamides is 1. The summed E-state index contributed by atoms with van der Waals surface area (Å²) in [5.41, 5.74) is 0. The Morgan fingerprint density at radius 1 is 1.42 bits per heavy atom. The maximum Gasteiger partial charge on any atom is 0.305 e. The molecule has 1 atom stereocenters. The molecule has 1 fully saturated rings. The van der Waals surface area contributed by atoms with Crippen LogP contribution in [0.4, 0.5) is 0 Å². The van der Waals surface area contributed by atoms with E-state index in [1.807, 2.05) is 0 Å². The molecule has 1 aliphatic heterocycles. The first-order chi connectivity index (χ1) is 11.3. The molecule has 0 aromatic carbocycles. The Morgan fingerprint density at radius 2 is 2.08 bits per heavy atom. The van der Waals surface area contributed by atoms with Gasteiger partial charge in [-0.3, -0.25) is 14.6 Å². The Kier molecular flexibility index (Phi) is 5.89. The normalized spacial score (nSPS) is 18.0. The average molecular weight is 355 g/mol. The topological polar surface area (TPSA) is 117 Å². The van der Waals surface area contributed by atoms with Gasteiger partial charge in [0.15, 0.2) is 0 Å². The van der Waals surface area contributed by atoms with Gasteiger partial charge in [-0.2, -0.15) is 4.31 Å². The van der Waals surface area contributed by atoms with Crippen molar-refractivity contribution in [3.63, 3.8) is 0 Å². The van der Waals surface area contributed by atoms with E-state index in [0.717, 1.165) is 0 Å². The second-order valence-electron chi connectivity index (χ2n) is 5.87. The standard InChI is InChI=1S/C15H21N3O5S/c1-11(9-14(19)20)17-15(21)12-4-7-18(8-5-12)24(22,23)13-3-2-6-16-10-13/h2-3,6,10-12H,4-5,7-9H2,1H3,(H,17,21)(H,19,20). The van der Waals surface area contributed by atoms with Crippen molar-refractivity contribution in [2.24, 2.45) is 5.92 Å². The molecule has 2 heterocycles. The van der Waals surface area contributed by atoms with E-state index in [1.165, 1.54) is 22.8 Å². The summed E-state index contributed by atoms with van der Waals surface area (Å²) in [6.07, 6.45) is 3.49. The number of carbonyl (C=O) groups excluding carboxylic acids is 1. The number of pyridine rings is 1. The summed E-state index contributed by atoms with van der Waals surface area (Å²) in [4.78, 5) is 26.7. The van der Waals surface area contributed by atoms with Crippen LogP contribution in [0, 0.1) is 5.92 Å². The molecule has 1 aromatic rings. The van der Waals surface area contributed by atoms with Crippen molar-refractivity contribution in [3.05, 3.63) is 24.5 Å². The number of rotatable bonds is 6. The van der Waals surface area contributed by atoms with Crippen LogP contribution in [0.25, 0.3) is 0 Å². The van der Waals surface area contributed by atoms with Gasteiger partial charge in [-0.25, -0.2) is 8.42 Å². The average Bonchev–Trinajstić information content (AvgIpc) is 2.55. The molecule has 0 spiro atoms. The number of amides is 1. The van der Waals surface area contributed by atoms with Crippen LogP contribution >= 0.6 is 0 Å². The molecule has 0 aliphatic carbocycles. The number of aliphatic carboxylic acids is 1. The van der Waals surface area contributed by atoms with Crippen LogP contribution in [0.2, 0.25) is 0 Å². The number of carboxylic acid groups (broad SMARTS) is 1. The number of carbonyl (C=O) groups is 2. The van der Waals surface area contributed by atoms with Crippen molar-refractivity contribution in [1.82, 2.24) is 14.6 Å². The quantitative estimate of drug-likeness (QED) is 0.766. The second-order valence-corrected chi connectivity index (χ2v) is 7.81. The fraction of sp³-hybridized carbons (Fsp3) is 0.533. The molecule has 0 saturated carbocycles. The number of hydrogen-bond acceptors (Lipinski definition) is 5. The number of nitrogens with one attached hydrogen (secondary N) is 1. The van der Waals surface area contributed by atoms with Crippen LogP contribution in [0.5, 0.6) is 0 Å². The molecule has 1 saturated heterocycles. The van der Waals surface area contributed by atoms with E-state index in [2.05, 4.69) is 10.3 Å². The number of hydrogen-bond donors (Lipinski definition) is 2. The fourth-order valence-corrected chi connectivity index (χ4v) is 4.12. The third-order valence-corrected chi connectivity index (χ3v) is 5.85. The largest absolute Gasteiger partial charge is 0.481 e. The molecular weight excluding hydrogens is 334 g/mol. The summed E-state index contributed by atoms with van der Waals surface area (Å²) >= 11 is 0. The van der Waals surface area contributed by atoms with Crippen molar-refractivity contribution in [1.29, 1.82) is 0 Å². The minimum absolute atomic E-state index is 0.139. The Hall–Kier alpha value is -2.00. The Labute approximate surface area is 140 Å². The Balaban J connectivity index is 1.91. The highest BCUT2D eigenvalue weighted by Crippen LogP contribution is 2.23. The Morgan fingerprint density at radius 3 is 2.62 bits per heavy atom. The van der Waals surface area contributed by atoms with E-state index in [4.69, 9.17) is 5.11 Å². The third kappa shape index (κ3) is 4.51. The van der Waals surface area contributed by atoms with Gasteiger partial charge in [0.05, 0.1) is 6.42 Å². The molecule has 2 rings (SSSR count). The van der Waals surface area contributed by atoms with Crippen molar-refractivity contribution < 1.29 is 23.1 Å². The molecule has 1 aliphatic rings. The highest BCUT2D eigenvalue weighted by molar-refractivity contribution is 7.89. The van der Waals surface area contributed by atoms with Crippen LogP contribution in [0.15, 0.2) is 29.4 Å². The molecule has 24 heavy (non-hydrogen) atoms. The third-order valence-electron chi connectivity index (χ3n) is 3.97. The first-order valence-electron chi connectivity index (χ1n) is 7.73. The number of carboxylic acids is 1. The highest BCUT2D eigenvalue weighted by atomic mass is 32.2. The minimum atomic E-state index is -3.59. The van der Waals surface area contributed by atoms with Crippen LogP contribution in [0.1, 0.15) is 26.2 Å². The molecule has 8 nitrogen and oxygen atoms in total. The zero-order valence-electron chi connectivity index (χ0n) is 13.4. The van der Waals surface area contributed by atoms with Gasteiger partial charge in [0.1, 0.15) is 4.90 Å². The molecule has 1 aromatic heterocycles. The van der Waals surface area contributed by atoms with Gasteiger partial charge in [-0.15, -0.1) is 0 Å². The van der Waals surface area contributed by atoms with Gasteiger partial charge in [-0.1, -0.05) is 0 Å². The maximum absolute atomic E-state index is 12.5. The first kappa shape index (κ1) is 18.3. The monoisotopic (exact) mass is 355 g/mol. The van der Waals surface area contributed by atoms with Crippen LogP contribution in [-0.2, 0) is 19.6 Å². The van der Waals surface area contributed by atoms with Gasteiger partial charge in [0.25, 0.3) is 0 Å². The maximum atomic E-state index is 12.5. The predicted octanol–water partition coefficient (Wildman–Crippen LogP) is 0.462. The summed E-state index contributed by atoms with van der Waals surface area (Å²) < 4.78 is 26.3. The van der Waals surface area contributed by atoms with Gasteiger partial charge >= 0.3 is 5.97 Å². The fourth-order valence-electron chi connectivity index (χ4n) is 2.68. The van der Waals surface area contributed by atoms with Gasteiger partial charge in [-0.05, 0) is 31.9 Å². The molecule has 1 amide bonds. The Bertz CT molecular complexity index is 684. The molecule has 9 heteroatoms. The van der Waals surface area contributed by atoms with Gasteiger partial charge < -0.3 is 10.4 Å². The predicted molar refractivity (Wildman–Crippen MR) is 85.6 cm³/mol. The highest BCUT2D eigenvalue weighted by Gasteiger charge is 2.32. The lowest BCUT2D eigenvalue weighted by Crippen LogP contribution is -2.45. The molecule has 2 N–H and O–H groups in total. The lowest BCUT2D eigenvalue weighted by atomic mass is 9.97. The van der Waals surface area contributed by atoms with Crippen molar-refractivity contribution in [2.45, 2.75) is 37.1 Å². The van der Waals surface area contributed by atoms with Crippen LogP contribution < -0.4 is 5.32 Å². The van der Waals surface area contributed by atoms with E-state index in [1.54, 1.807) is 13.0 Å². The summed E-state index contributed by atoms with van der Waals surface area (Å²) in [5, 5.41) is 11.4. The van der Waals surface area contributed by atoms with Crippen molar-refractivity contribution >= 4 is 21.9 Å². The van der Waals surface area contributed by atoms with Crippen molar-refractivity contribution in [3.8, 4) is 0 Å². The smallest absolute Gasteiger partial charge is 0.305 e. The van der Waals surface area contributed by atoms with E-state index >= 15 is 0 Å². The summed E-state index contributed by atoms with van der Waals surface area (Å²) in [7, 11) is -3.59. The molecule has 0 bridgehead atoms. The van der Waals surface area contributed by atoms with E-state index in [-0.39, 0.29) is 36.2 Å². The summed E-state index contributed by atoms with van der Waals surface area (Å²) in [6.45, 7) is 2.14. The SMILES string of the molecule is CC(CC(=O)O)NC(=O)C1CCN(S(=O)(=O)c2cccnc2)CC1. The molecule has 1 unspecified atom stereocenters. The molecule has 132 valence electrons. The van der Waals surface area contributed by atoms with Crippen LogP contribution in [-0.4, -0.2) is 53.8 Å².